The maximum absolute atomic E-state index is 3.73. The van der Waals surface area contributed by atoms with Crippen molar-refractivity contribution in [2.75, 3.05) is 6.54 Å². The Morgan fingerprint density at radius 2 is 1.79 bits per heavy atom. The Hall–Kier alpha value is -1.50. The highest BCUT2D eigenvalue weighted by molar-refractivity contribution is 5.19. The van der Waals surface area contributed by atoms with Gasteiger partial charge in [-0.15, -0.1) is 0 Å². The molecular formula is C13H17N. The summed E-state index contributed by atoms with van der Waals surface area (Å²) in [7, 11) is 0. The van der Waals surface area contributed by atoms with Crippen LogP contribution < -0.4 is 0 Å². The van der Waals surface area contributed by atoms with E-state index in [4.69, 9.17) is 0 Å². The Labute approximate surface area is 86.4 Å². The fourth-order valence-corrected chi connectivity index (χ4v) is 1.43. The highest BCUT2D eigenvalue weighted by atomic mass is 15.1. The van der Waals surface area contributed by atoms with E-state index in [1.165, 1.54) is 5.56 Å². The average molecular weight is 187 g/mol. The minimum absolute atomic E-state index is 0.493. The van der Waals surface area contributed by atoms with Gasteiger partial charge in [-0.3, -0.25) is 0 Å². The lowest BCUT2D eigenvalue weighted by molar-refractivity contribution is 0.467. The van der Waals surface area contributed by atoms with Gasteiger partial charge < -0.3 is 4.90 Å². The molecule has 1 atom stereocenters. The second-order valence-electron chi connectivity index (χ2n) is 3.37. The van der Waals surface area contributed by atoms with E-state index in [-0.39, 0.29) is 0 Å². The summed E-state index contributed by atoms with van der Waals surface area (Å²) in [5.74, 6) is 0.493. The monoisotopic (exact) mass is 187 g/mol. The molecule has 0 aromatic heterocycles. The third-order valence-electron chi connectivity index (χ3n) is 2.32. The molecule has 14 heavy (non-hydrogen) atoms. The lowest BCUT2D eigenvalue weighted by atomic mass is 10.0. The molecule has 0 unspecified atom stereocenters. The molecular weight excluding hydrogens is 170 g/mol. The van der Waals surface area contributed by atoms with Crippen molar-refractivity contribution in [2.24, 2.45) is 0 Å². The standard InChI is InChI=1S/C13H17N/c1-4-14(5-2)11-12(3)13-9-7-6-8-10-13/h4-10,12H,1-2,11H2,3H3/t12-/m1/s1. The van der Waals surface area contributed by atoms with Crippen molar-refractivity contribution in [1.29, 1.82) is 0 Å². The van der Waals surface area contributed by atoms with Crippen LogP contribution in [0.2, 0.25) is 0 Å². The van der Waals surface area contributed by atoms with Gasteiger partial charge in [-0.05, 0) is 23.9 Å². The molecule has 0 aliphatic carbocycles. The lowest BCUT2D eigenvalue weighted by Gasteiger charge is -2.20. The molecule has 74 valence electrons. The molecule has 0 bridgehead atoms. The van der Waals surface area contributed by atoms with Gasteiger partial charge in [-0.2, -0.15) is 0 Å². The highest BCUT2D eigenvalue weighted by Gasteiger charge is 2.06. The van der Waals surface area contributed by atoms with E-state index in [9.17, 15) is 0 Å². The fourth-order valence-electron chi connectivity index (χ4n) is 1.43. The molecule has 0 saturated carbocycles. The van der Waals surface area contributed by atoms with Gasteiger partial charge in [0.15, 0.2) is 0 Å². The van der Waals surface area contributed by atoms with Crippen LogP contribution in [0.3, 0.4) is 0 Å². The van der Waals surface area contributed by atoms with Gasteiger partial charge in [0.05, 0.1) is 0 Å². The van der Waals surface area contributed by atoms with Crippen LogP contribution in [-0.2, 0) is 0 Å². The average Bonchev–Trinajstić information content (AvgIpc) is 2.26. The zero-order chi connectivity index (χ0) is 10.4. The first-order valence-electron chi connectivity index (χ1n) is 4.83. The number of hydrogen-bond donors (Lipinski definition) is 0. The van der Waals surface area contributed by atoms with Crippen molar-refractivity contribution < 1.29 is 0 Å². The molecule has 0 N–H and O–H groups in total. The van der Waals surface area contributed by atoms with Gasteiger partial charge in [0.1, 0.15) is 0 Å². The van der Waals surface area contributed by atoms with E-state index in [0.29, 0.717) is 5.92 Å². The summed E-state index contributed by atoms with van der Waals surface area (Å²) in [5, 5.41) is 0. The first-order chi connectivity index (χ1) is 6.77. The molecule has 0 fully saturated rings. The molecule has 0 aliphatic heterocycles. The van der Waals surface area contributed by atoms with Gasteiger partial charge in [0.25, 0.3) is 0 Å². The van der Waals surface area contributed by atoms with Gasteiger partial charge in [-0.25, -0.2) is 0 Å². The fraction of sp³-hybridized carbons (Fsp3) is 0.231. The second kappa shape index (κ2) is 5.28. The van der Waals surface area contributed by atoms with Crippen molar-refractivity contribution in [2.45, 2.75) is 12.8 Å². The van der Waals surface area contributed by atoms with E-state index in [1.54, 1.807) is 12.4 Å². The topological polar surface area (TPSA) is 3.24 Å². The number of nitrogens with zero attached hydrogens (tertiary/aromatic N) is 1. The maximum Gasteiger partial charge on any atom is 0.0285 e. The predicted octanol–water partition coefficient (Wildman–Crippen LogP) is 3.38. The summed E-state index contributed by atoms with van der Waals surface area (Å²) < 4.78 is 0. The third-order valence-corrected chi connectivity index (χ3v) is 2.32. The molecule has 1 aromatic rings. The van der Waals surface area contributed by atoms with Crippen molar-refractivity contribution in [3.05, 3.63) is 61.5 Å². The Kier molecular flexibility index (Phi) is 3.99. The quantitative estimate of drug-likeness (QED) is 0.683. The number of hydrogen-bond acceptors (Lipinski definition) is 1. The van der Waals surface area contributed by atoms with Gasteiger partial charge >= 0.3 is 0 Å². The SMILES string of the molecule is C=CN(C=C)C[C@@H](C)c1ccccc1. The third kappa shape index (κ3) is 2.77. The lowest BCUT2D eigenvalue weighted by Crippen LogP contribution is -2.16. The summed E-state index contributed by atoms with van der Waals surface area (Å²) in [6.07, 6.45) is 3.60. The molecule has 0 saturated heterocycles. The first kappa shape index (κ1) is 10.6. The smallest absolute Gasteiger partial charge is 0.0285 e. The second-order valence-corrected chi connectivity index (χ2v) is 3.37. The summed E-state index contributed by atoms with van der Waals surface area (Å²) in [4.78, 5) is 2.00. The largest absolute Gasteiger partial charge is 0.355 e. The molecule has 0 amide bonds. The van der Waals surface area contributed by atoms with Gasteiger partial charge in [0.2, 0.25) is 0 Å². The van der Waals surface area contributed by atoms with Crippen LogP contribution in [-0.4, -0.2) is 11.4 Å². The van der Waals surface area contributed by atoms with Crippen LogP contribution in [0.15, 0.2) is 55.9 Å². The molecule has 1 rings (SSSR count). The van der Waals surface area contributed by atoms with Crippen LogP contribution in [0, 0.1) is 0 Å². The van der Waals surface area contributed by atoms with E-state index >= 15 is 0 Å². The summed E-state index contributed by atoms with van der Waals surface area (Å²) in [6.45, 7) is 10.6. The van der Waals surface area contributed by atoms with Crippen molar-refractivity contribution in [3.63, 3.8) is 0 Å². The Morgan fingerprint density at radius 1 is 1.21 bits per heavy atom. The Morgan fingerprint density at radius 3 is 2.29 bits per heavy atom. The maximum atomic E-state index is 3.73. The minimum atomic E-state index is 0.493. The van der Waals surface area contributed by atoms with Crippen LogP contribution in [0.25, 0.3) is 0 Å². The molecule has 0 aliphatic rings. The molecule has 0 spiro atoms. The zero-order valence-electron chi connectivity index (χ0n) is 8.69. The van der Waals surface area contributed by atoms with Crippen LogP contribution in [0.1, 0.15) is 18.4 Å². The molecule has 1 heteroatoms. The minimum Gasteiger partial charge on any atom is -0.355 e. The Bertz CT molecular complexity index is 281. The molecule has 0 heterocycles. The summed E-state index contributed by atoms with van der Waals surface area (Å²) in [5.41, 5.74) is 1.35. The van der Waals surface area contributed by atoms with Gasteiger partial charge in [0, 0.05) is 6.54 Å². The highest BCUT2D eigenvalue weighted by Crippen LogP contribution is 2.15. The van der Waals surface area contributed by atoms with E-state index in [1.807, 2.05) is 11.0 Å². The van der Waals surface area contributed by atoms with E-state index in [2.05, 4.69) is 44.3 Å². The number of benzene rings is 1. The summed E-state index contributed by atoms with van der Waals surface area (Å²) in [6, 6.07) is 10.5. The normalized spacial score (nSPS) is 11.8. The first-order valence-corrected chi connectivity index (χ1v) is 4.83. The molecule has 1 nitrogen and oxygen atoms in total. The van der Waals surface area contributed by atoms with Crippen LogP contribution >= 0.6 is 0 Å². The van der Waals surface area contributed by atoms with Crippen molar-refractivity contribution >= 4 is 0 Å². The summed E-state index contributed by atoms with van der Waals surface area (Å²) >= 11 is 0. The Balaban J connectivity index is 2.62. The zero-order valence-corrected chi connectivity index (χ0v) is 8.69. The molecule has 1 aromatic carbocycles. The van der Waals surface area contributed by atoms with Crippen molar-refractivity contribution in [3.8, 4) is 0 Å². The predicted molar refractivity (Wildman–Crippen MR) is 62.0 cm³/mol. The van der Waals surface area contributed by atoms with E-state index in [0.717, 1.165) is 6.54 Å². The van der Waals surface area contributed by atoms with Crippen LogP contribution in [0.4, 0.5) is 0 Å². The molecule has 0 radical (unpaired) electrons. The van der Waals surface area contributed by atoms with E-state index < -0.39 is 0 Å². The van der Waals surface area contributed by atoms with Gasteiger partial charge in [-0.1, -0.05) is 50.4 Å². The van der Waals surface area contributed by atoms with Crippen LogP contribution in [0.5, 0.6) is 0 Å². The number of rotatable bonds is 5. The van der Waals surface area contributed by atoms with Crippen molar-refractivity contribution in [1.82, 2.24) is 4.90 Å².